The molecule has 0 fully saturated rings. The van der Waals surface area contributed by atoms with Gasteiger partial charge in [0.1, 0.15) is 11.3 Å². The quantitative estimate of drug-likeness (QED) is 0.438. The molecule has 0 saturated carbocycles. The molecule has 3 rings (SSSR count). The number of halogens is 5. The van der Waals surface area contributed by atoms with Gasteiger partial charge in [-0.1, -0.05) is 41.4 Å². The van der Waals surface area contributed by atoms with Crippen LogP contribution in [0.3, 0.4) is 0 Å². The molecule has 0 spiro atoms. The molecular formula is C16H9Cl2F3N2O. The van der Waals surface area contributed by atoms with E-state index in [1.165, 1.54) is 6.21 Å². The van der Waals surface area contributed by atoms with Crippen molar-refractivity contribution in [1.82, 2.24) is 0 Å². The maximum Gasteiger partial charge on any atom is 0.416 e. The van der Waals surface area contributed by atoms with Gasteiger partial charge in [0.05, 0.1) is 27.5 Å². The number of alkyl halides is 3. The Kier molecular flexibility index (Phi) is 4.43. The van der Waals surface area contributed by atoms with Crippen molar-refractivity contribution in [2.45, 2.75) is 6.18 Å². The predicted molar refractivity (Wildman–Crippen MR) is 88.9 cm³/mol. The van der Waals surface area contributed by atoms with Gasteiger partial charge in [-0.05, 0) is 24.3 Å². The lowest BCUT2D eigenvalue weighted by Crippen LogP contribution is -2.05. The molecule has 8 heteroatoms. The molecule has 3 aromatic rings. The molecule has 0 radical (unpaired) electrons. The van der Waals surface area contributed by atoms with Crippen molar-refractivity contribution in [2.24, 2.45) is 5.10 Å². The highest BCUT2D eigenvalue weighted by molar-refractivity contribution is 6.39. The number of hydrogen-bond donors (Lipinski definition) is 1. The largest absolute Gasteiger partial charge is 0.455 e. The molecular weight excluding hydrogens is 364 g/mol. The molecule has 0 aliphatic rings. The number of nitrogens with one attached hydrogen (secondary N) is 1. The van der Waals surface area contributed by atoms with E-state index in [0.29, 0.717) is 11.3 Å². The summed E-state index contributed by atoms with van der Waals surface area (Å²) in [5.41, 5.74) is 2.39. The van der Waals surface area contributed by atoms with E-state index in [9.17, 15) is 13.2 Å². The Morgan fingerprint density at radius 2 is 1.71 bits per heavy atom. The number of rotatable bonds is 3. The van der Waals surface area contributed by atoms with Gasteiger partial charge in [0.2, 0.25) is 0 Å². The van der Waals surface area contributed by atoms with E-state index in [4.69, 9.17) is 27.6 Å². The summed E-state index contributed by atoms with van der Waals surface area (Å²) < 4.78 is 43.5. The number of benzene rings is 2. The summed E-state index contributed by atoms with van der Waals surface area (Å²) in [6, 6.07) is 10.7. The van der Waals surface area contributed by atoms with Gasteiger partial charge in [0, 0.05) is 5.39 Å². The SMILES string of the molecule is FC(F)(F)c1cc(Cl)c(NN=Cc2cc3ccccc3o2)c(Cl)c1. The van der Waals surface area contributed by atoms with Gasteiger partial charge < -0.3 is 4.42 Å². The Bertz CT molecular complexity index is 863. The zero-order chi connectivity index (χ0) is 17.3. The van der Waals surface area contributed by atoms with Crippen molar-refractivity contribution in [3.8, 4) is 0 Å². The molecule has 0 bridgehead atoms. The van der Waals surface area contributed by atoms with Gasteiger partial charge in [-0.3, -0.25) is 5.43 Å². The summed E-state index contributed by atoms with van der Waals surface area (Å²) in [5, 5.41) is 4.44. The smallest absolute Gasteiger partial charge is 0.416 e. The molecule has 0 aliphatic heterocycles. The van der Waals surface area contributed by atoms with Crippen LogP contribution in [-0.2, 0) is 6.18 Å². The molecule has 2 aromatic carbocycles. The number of fused-ring (bicyclic) bond motifs is 1. The van der Waals surface area contributed by atoms with E-state index in [0.717, 1.165) is 17.5 Å². The second-order valence-corrected chi connectivity index (χ2v) is 5.68. The number of nitrogens with zero attached hydrogens (tertiary/aromatic N) is 1. The van der Waals surface area contributed by atoms with Crippen LogP contribution in [0.2, 0.25) is 10.0 Å². The Morgan fingerprint density at radius 1 is 1.04 bits per heavy atom. The van der Waals surface area contributed by atoms with Gasteiger partial charge in [-0.25, -0.2) is 0 Å². The highest BCUT2D eigenvalue weighted by Crippen LogP contribution is 2.38. The summed E-state index contributed by atoms with van der Waals surface area (Å²) in [4.78, 5) is 0. The third-order valence-corrected chi connectivity index (χ3v) is 3.78. The first-order valence-corrected chi connectivity index (χ1v) is 7.44. The minimum absolute atomic E-state index is 0.0821. The maximum atomic E-state index is 12.7. The van der Waals surface area contributed by atoms with Crippen molar-refractivity contribution in [2.75, 3.05) is 5.43 Å². The fourth-order valence-electron chi connectivity index (χ4n) is 2.07. The molecule has 1 aromatic heterocycles. The summed E-state index contributed by atoms with van der Waals surface area (Å²) >= 11 is 11.7. The lowest BCUT2D eigenvalue weighted by atomic mass is 10.2. The Morgan fingerprint density at radius 3 is 2.33 bits per heavy atom. The summed E-state index contributed by atoms with van der Waals surface area (Å²) in [6.07, 6.45) is -3.15. The molecule has 0 aliphatic carbocycles. The standard InChI is InChI=1S/C16H9Cl2F3N2O/c17-12-6-10(16(19,20)21)7-13(18)15(12)23-22-8-11-5-9-3-1-2-4-14(9)24-11/h1-8,23H. The van der Waals surface area contributed by atoms with Crippen molar-refractivity contribution in [3.05, 3.63) is 63.8 Å². The van der Waals surface area contributed by atoms with Crippen LogP contribution in [-0.4, -0.2) is 6.21 Å². The Balaban J connectivity index is 1.81. The molecule has 1 heterocycles. The van der Waals surface area contributed by atoms with Crippen LogP contribution in [0, 0.1) is 0 Å². The maximum absolute atomic E-state index is 12.7. The van der Waals surface area contributed by atoms with E-state index in [2.05, 4.69) is 10.5 Å². The number of hydrogen-bond acceptors (Lipinski definition) is 3. The second-order valence-electron chi connectivity index (χ2n) is 4.87. The molecule has 24 heavy (non-hydrogen) atoms. The average Bonchev–Trinajstić information content (AvgIpc) is 2.91. The summed E-state index contributed by atoms with van der Waals surface area (Å²) in [5.74, 6) is 0.475. The van der Waals surface area contributed by atoms with Crippen LogP contribution in [0.1, 0.15) is 11.3 Å². The number of anilines is 1. The number of para-hydroxylation sites is 1. The van der Waals surface area contributed by atoms with Crippen LogP contribution < -0.4 is 5.43 Å². The van der Waals surface area contributed by atoms with Crippen LogP contribution >= 0.6 is 23.2 Å². The first kappa shape index (κ1) is 16.7. The van der Waals surface area contributed by atoms with E-state index in [1.807, 2.05) is 24.3 Å². The molecule has 0 saturated heterocycles. The Hall–Kier alpha value is -2.18. The highest BCUT2D eigenvalue weighted by atomic mass is 35.5. The van der Waals surface area contributed by atoms with E-state index < -0.39 is 11.7 Å². The topological polar surface area (TPSA) is 37.5 Å². The van der Waals surface area contributed by atoms with Crippen molar-refractivity contribution < 1.29 is 17.6 Å². The first-order chi connectivity index (χ1) is 11.3. The van der Waals surface area contributed by atoms with Crippen LogP contribution in [0.4, 0.5) is 18.9 Å². The first-order valence-electron chi connectivity index (χ1n) is 6.68. The minimum Gasteiger partial charge on any atom is -0.455 e. The highest BCUT2D eigenvalue weighted by Gasteiger charge is 2.32. The van der Waals surface area contributed by atoms with E-state index in [1.54, 1.807) is 6.07 Å². The monoisotopic (exact) mass is 372 g/mol. The van der Waals surface area contributed by atoms with Gasteiger partial charge in [-0.2, -0.15) is 18.3 Å². The van der Waals surface area contributed by atoms with Crippen LogP contribution in [0.5, 0.6) is 0 Å². The lowest BCUT2D eigenvalue weighted by molar-refractivity contribution is -0.137. The average molecular weight is 373 g/mol. The number of hydrazone groups is 1. The van der Waals surface area contributed by atoms with Crippen LogP contribution in [0.25, 0.3) is 11.0 Å². The molecule has 124 valence electrons. The third-order valence-electron chi connectivity index (χ3n) is 3.18. The predicted octanol–water partition coefficient (Wildman–Crippen LogP) is 6.20. The zero-order valence-corrected chi connectivity index (χ0v) is 13.4. The van der Waals surface area contributed by atoms with Gasteiger partial charge >= 0.3 is 6.18 Å². The van der Waals surface area contributed by atoms with Crippen LogP contribution in [0.15, 0.2) is 52.0 Å². The third kappa shape index (κ3) is 3.49. The number of furan rings is 1. The Labute approximate surface area is 144 Å². The fourth-order valence-corrected chi connectivity index (χ4v) is 2.64. The zero-order valence-electron chi connectivity index (χ0n) is 11.9. The molecule has 3 nitrogen and oxygen atoms in total. The van der Waals surface area contributed by atoms with Crippen molar-refractivity contribution in [3.63, 3.8) is 0 Å². The summed E-state index contributed by atoms with van der Waals surface area (Å²) in [6.45, 7) is 0. The molecule has 0 amide bonds. The minimum atomic E-state index is -4.52. The van der Waals surface area contributed by atoms with Crippen molar-refractivity contribution in [1.29, 1.82) is 0 Å². The molecule has 0 atom stereocenters. The van der Waals surface area contributed by atoms with E-state index >= 15 is 0 Å². The van der Waals surface area contributed by atoms with Gasteiger partial charge in [0.25, 0.3) is 0 Å². The normalized spacial score (nSPS) is 12.2. The molecule has 0 unspecified atom stereocenters. The molecule has 1 N–H and O–H groups in total. The van der Waals surface area contributed by atoms with E-state index in [-0.39, 0.29) is 15.7 Å². The summed E-state index contributed by atoms with van der Waals surface area (Å²) in [7, 11) is 0. The van der Waals surface area contributed by atoms with Crippen molar-refractivity contribution >= 4 is 46.1 Å². The van der Waals surface area contributed by atoms with Gasteiger partial charge in [-0.15, -0.1) is 0 Å². The fraction of sp³-hybridized carbons (Fsp3) is 0.0625. The lowest BCUT2D eigenvalue weighted by Gasteiger charge is -2.11. The van der Waals surface area contributed by atoms with Gasteiger partial charge in [0.15, 0.2) is 0 Å². The second kappa shape index (κ2) is 6.37.